The minimum Gasteiger partial charge on any atom is -0.457 e. The maximum Gasteiger partial charge on any atom is 0.251 e. The van der Waals surface area contributed by atoms with Gasteiger partial charge in [-0.3, -0.25) is 4.79 Å². The van der Waals surface area contributed by atoms with Crippen LogP contribution in [0.15, 0.2) is 67.0 Å². The molecule has 2 heterocycles. The molecule has 1 amide bonds. The summed E-state index contributed by atoms with van der Waals surface area (Å²) in [5, 5.41) is 3.67. The average Bonchev–Trinajstić information content (AvgIpc) is 3.22. The molecule has 3 N–H and O–H groups in total. The first-order chi connectivity index (χ1) is 14.7. The number of carbonyl (C=O) groups is 1. The van der Waals surface area contributed by atoms with Crippen molar-refractivity contribution < 1.29 is 9.53 Å². The van der Waals surface area contributed by atoms with Crippen molar-refractivity contribution in [2.24, 2.45) is 17.6 Å². The highest BCUT2D eigenvalue weighted by molar-refractivity contribution is 5.92. The van der Waals surface area contributed by atoms with Gasteiger partial charge in [-0.25, -0.2) is 9.97 Å². The van der Waals surface area contributed by atoms with E-state index >= 15 is 0 Å². The summed E-state index contributed by atoms with van der Waals surface area (Å²) in [4.78, 5) is 21.9. The molecule has 30 heavy (non-hydrogen) atoms. The van der Waals surface area contributed by atoms with Crippen LogP contribution < -0.4 is 20.7 Å². The third-order valence-corrected chi connectivity index (χ3v) is 5.84. The number of carbonyl (C=O) groups excluding carboxylic acids is 1. The van der Waals surface area contributed by atoms with Gasteiger partial charge in [0, 0.05) is 38.1 Å². The van der Waals surface area contributed by atoms with Crippen molar-refractivity contribution in [3.63, 3.8) is 0 Å². The van der Waals surface area contributed by atoms with Gasteiger partial charge in [-0.1, -0.05) is 30.3 Å². The Morgan fingerprint density at radius 3 is 2.27 bits per heavy atom. The summed E-state index contributed by atoms with van der Waals surface area (Å²) in [5.41, 5.74) is 6.82. The normalized spacial score (nSPS) is 21.9. The largest absolute Gasteiger partial charge is 0.457 e. The van der Waals surface area contributed by atoms with E-state index in [0.717, 1.165) is 31.1 Å². The van der Waals surface area contributed by atoms with Crippen LogP contribution in [0.5, 0.6) is 11.5 Å². The number of amides is 1. The number of nitrogens with two attached hydrogens (primary N) is 1. The minimum atomic E-state index is -0.505. The Morgan fingerprint density at radius 1 is 1.00 bits per heavy atom. The van der Waals surface area contributed by atoms with E-state index in [0.29, 0.717) is 29.4 Å². The van der Waals surface area contributed by atoms with Gasteiger partial charge in [0.15, 0.2) is 0 Å². The van der Waals surface area contributed by atoms with Gasteiger partial charge < -0.3 is 20.7 Å². The number of benzene rings is 2. The highest BCUT2D eigenvalue weighted by Gasteiger charge is 2.55. The van der Waals surface area contributed by atoms with E-state index in [1.807, 2.05) is 42.5 Å². The monoisotopic (exact) mass is 401 g/mol. The lowest BCUT2D eigenvalue weighted by molar-refractivity contribution is 0.0999. The number of rotatable bonds is 7. The molecule has 1 saturated carbocycles. The summed E-state index contributed by atoms with van der Waals surface area (Å²) in [6.45, 7) is 2.71. The molecule has 1 aliphatic heterocycles. The van der Waals surface area contributed by atoms with Gasteiger partial charge in [0.2, 0.25) is 5.95 Å². The summed E-state index contributed by atoms with van der Waals surface area (Å²) < 4.78 is 5.84. The van der Waals surface area contributed by atoms with E-state index in [1.54, 1.807) is 0 Å². The molecule has 7 heteroatoms. The molecule has 3 aromatic rings. The fourth-order valence-electron chi connectivity index (χ4n) is 4.14. The number of nitrogens with one attached hydrogen (secondary N) is 1. The highest BCUT2D eigenvalue weighted by Crippen LogP contribution is 2.46. The van der Waals surface area contributed by atoms with E-state index in [-0.39, 0.29) is 0 Å². The Labute approximate surface area is 174 Å². The number of aromatic nitrogens is 2. The lowest BCUT2D eigenvalue weighted by Gasteiger charge is -2.20. The number of hydrogen-bond donors (Lipinski definition) is 2. The summed E-state index contributed by atoms with van der Waals surface area (Å²) in [6, 6.07) is 18.5. The van der Waals surface area contributed by atoms with Gasteiger partial charge in [0.05, 0.1) is 5.56 Å². The third-order valence-electron chi connectivity index (χ3n) is 5.84. The summed E-state index contributed by atoms with van der Waals surface area (Å²) >= 11 is 0. The average molecular weight is 401 g/mol. The van der Waals surface area contributed by atoms with Crippen LogP contribution in [0, 0.1) is 11.8 Å². The molecule has 2 atom stereocenters. The van der Waals surface area contributed by atoms with Gasteiger partial charge in [-0.15, -0.1) is 0 Å². The number of fused-ring (bicyclic) bond motifs is 1. The van der Waals surface area contributed by atoms with Crippen LogP contribution in [-0.4, -0.2) is 35.0 Å². The number of hydrogen-bond acceptors (Lipinski definition) is 6. The molecule has 2 aliphatic rings. The van der Waals surface area contributed by atoms with E-state index in [9.17, 15) is 4.79 Å². The molecule has 152 valence electrons. The van der Waals surface area contributed by atoms with Crippen LogP contribution in [-0.2, 0) is 6.54 Å². The number of ether oxygens (including phenoxy) is 1. The molecule has 0 spiro atoms. The third kappa shape index (κ3) is 3.84. The first-order valence-corrected chi connectivity index (χ1v) is 10.1. The molecule has 2 fully saturated rings. The zero-order valence-electron chi connectivity index (χ0n) is 16.4. The first kappa shape index (κ1) is 18.6. The van der Waals surface area contributed by atoms with Gasteiger partial charge in [0.25, 0.3) is 5.91 Å². The predicted octanol–water partition coefficient (Wildman–Crippen LogP) is 2.59. The van der Waals surface area contributed by atoms with Crippen LogP contribution >= 0.6 is 0 Å². The Bertz CT molecular complexity index is 1010. The van der Waals surface area contributed by atoms with Gasteiger partial charge >= 0.3 is 0 Å². The second-order valence-corrected chi connectivity index (χ2v) is 7.83. The second-order valence-electron chi connectivity index (χ2n) is 7.83. The Balaban J connectivity index is 1.10. The van der Waals surface area contributed by atoms with Crippen molar-refractivity contribution in [1.82, 2.24) is 15.3 Å². The predicted molar refractivity (Wildman–Crippen MR) is 113 cm³/mol. The van der Waals surface area contributed by atoms with Crippen molar-refractivity contribution in [2.75, 3.05) is 18.0 Å². The quantitative estimate of drug-likeness (QED) is 0.632. The van der Waals surface area contributed by atoms with Crippen LogP contribution in [0.25, 0.3) is 0 Å². The molecular weight excluding hydrogens is 378 g/mol. The SMILES string of the molecule is NC(=O)c1cnc(N2CC3C(C2)C3NCc2ccc(Oc3ccccc3)cc2)nc1. The van der Waals surface area contributed by atoms with E-state index < -0.39 is 5.91 Å². The minimum absolute atomic E-state index is 0.336. The van der Waals surface area contributed by atoms with Crippen molar-refractivity contribution in [3.05, 3.63) is 78.1 Å². The zero-order valence-corrected chi connectivity index (χ0v) is 16.4. The number of nitrogens with zero attached hydrogens (tertiary/aromatic N) is 3. The lowest BCUT2D eigenvalue weighted by atomic mass is 10.2. The van der Waals surface area contributed by atoms with Gasteiger partial charge in [-0.2, -0.15) is 0 Å². The van der Waals surface area contributed by atoms with Crippen molar-refractivity contribution >= 4 is 11.9 Å². The van der Waals surface area contributed by atoms with Crippen molar-refractivity contribution in [3.8, 4) is 11.5 Å². The van der Waals surface area contributed by atoms with Crippen LogP contribution in [0.4, 0.5) is 5.95 Å². The fraction of sp³-hybridized carbons (Fsp3) is 0.261. The molecule has 1 saturated heterocycles. The molecular formula is C23H23N5O2. The maximum absolute atomic E-state index is 11.1. The Hall–Kier alpha value is -3.45. The van der Waals surface area contributed by atoms with Crippen molar-refractivity contribution in [2.45, 2.75) is 12.6 Å². The van der Waals surface area contributed by atoms with Crippen LogP contribution in [0.3, 0.4) is 0 Å². The summed E-state index contributed by atoms with van der Waals surface area (Å²) in [5.74, 6) is 3.07. The summed E-state index contributed by atoms with van der Waals surface area (Å²) in [6.07, 6.45) is 2.99. The number of primary amides is 1. The van der Waals surface area contributed by atoms with Crippen LogP contribution in [0.1, 0.15) is 15.9 Å². The Kier molecular flexibility index (Phi) is 4.80. The molecule has 0 bridgehead atoms. The molecule has 2 unspecified atom stereocenters. The van der Waals surface area contributed by atoms with Crippen molar-refractivity contribution in [1.29, 1.82) is 0 Å². The van der Waals surface area contributed by atoms with Crippen LogP contribution in [0.2, 0.25) is 0 Å². The smallest absolute Gasteiger partial charge is 0.251 e. The first-order valence-electron chi connectivity index (χ1n) is 10.1. The number of para-hydroxylation sites is 1. The fourth-order valence-corrected chi connectivity index (χ4v) is 4.14. The Morgan fingerprint density at radius 2 is 1.63 bits per heavy atom. The molecule has 7 nitrogen and oxygen atoms in total. The van der Waals surface area contributed by atoms with E-state index in [1.165, 1.54) is 18.0 Å². The molecule has 1 aliphatic carbocycles. The molecule has 0 radical (unpaired) electrons. The number of anilines is 1. The molecule has 2 aromatic carbocycles. The molecule has 5 rings (SSSR count). The zero-order chi connectivity index (χ0) is 20.5. The van der Waals surface area contributed by atoms with E-state index in [2.05, 4.69) is 32.3 Å². The van der Waals surface area contributed by atoms with E-state index in [4.69, 9.17) is 10.5 Å². The maximum atomic E-state index is 11.1. The lowest BCUT2D eigenvalue weighted by Crippen LogP contribution is -2.32. The summed E-state index contributed by atoms with van der Waals surface area (Å²) in [7, 11) is 0. The van der Waals surface area contributed by atoms with Gasteiger partial charge in [-0.05, 0) is 41.7 Å². The second kappa shape index (κ2) is 7.76. The van der Waals surface area contributed by atoms with Gasteiger partial charge in [0.1, 0.15) is 11.5 Å². The highest BCUT2D eigenvalue weighted by atomic mass is 16.5. The topological polar surface area (TPSA) is 93.4 Å². The molecule has 1 aromatic heterocycles. The number of piperidine rings is 1. The standard InChI is InChI=1S/C23H23N5O2/c24-22(29)16-11-26-23(27-12-16)28-13-19-20(14-28)21(19)25-10-15-6-8-18(9-7-15)30-17-4-2-1-3-5-17/h1-9,11-12,19-21,25H,10,13-14H2,(H2,24,29).